The van der Waals surface area contributed by atoms with Crippen LogP contribution >= 0.6 is 128 Å². The molecule has 0 aliphatic heterocycles. The molecule has 0 saturated carbocycles. The van der Waals surface area contributed by atoms with Crippen molar-refractivity contribution < 1.29 is 18.9 Å². The molecule has 37 heteroatoms. The number of benzene rings is 4. The predicted molar refractivity (Wildman–Crippen MR) is 507 cm³/mol. The van der Waals surface area contributed by atoms with Gasteiger partial charge in [0.15, 0.2) is 0 Å². The van der Waals surface area contributed by atoms with Gasteiger partial charge < -0.3 is 56.8 Å². The van der Waals surface area contributed by atoms with E-state index in [1.165, 1.54) is 150 Å². The minimum Gasteiger partial charge on any atom is -0.343 e. The first kappa shape index (κ1) is 91.7. The smallest absolute Gasteiger partial charge is 0.343 e. The van der Waals surface area contributed by atoms with Gasteiger partial charge in [0.2, 0.25) is 0 Å². The van der Waals surface area contributed by atoms with Gasteiger partial charge >= 0.3 is 297 Å². The molecule has 0 aliphatic carbocycles. The second-order valence-electron chi connectivity index (χ2n) is 28.7. The summed E-state index contributed by atoms with van der Waals surface area (Å²) in [5, 5.41) is 5.71. The van der Waals surface area contributed by atoms with E-state index in [2.05, 4.69) is 171 Å². The van der Waals surface area contributed by atoms with Gasteiger partial charge in [-0.1, -0.05) is 49.7 Å². The van der Waals surface area contributed by atoms with E-state index in [0.29, 0.717) is 0 Å². The van der Waals surface area contributed by atoms with Crippen molar-refractivity contribution in [3.63, 3.8) is 0 Å². The van der Waals surface area contributed by atoms with Crippen LogP contribution in [-0.4, -0.2) is 120 Å². The van der Waals surface area contributed by atoms with E-state index in [-0.39, 0.29) is 47.3 Å². The summed E-state index contributed by atoms with van der Waals surface area (Å²) in [5.74, 6) is 0. The van der Waals surface area contributed by atoms with E-state index < -0.39 is 35.6 Å². The van der Waals surface area contributed by atoms with Crippen LogP contribution in [0.2, 0.25) is 26.6 Å². The van der Waals surface area contributed by atoms with Crippen molar-refractivity contribution in [2.45, 2.75) is 186 Å². The zero-order chi connectivity index (χ0) is 82.2. The Morgan fingerprint density at radius 3 is 1.09 bits per heavy atom. The van der Waals surface area contributed by atoms with Crippen LogP contribution in [-0.2, 0) is 0 Å². The number of halogens is 2. The number of fused-ring (bicyclic) bond motifs is 9. The van der Waals surface area contributed by atoms with E-state index in [4.69, 9.17) is 13.3 Å². The first-order chi connectivity index (χ1) is 56.2. The van der Waals surface area contributed by atoms with E-state index in [9.17, 15) is 24.0 Å². The third kappa shape index (κ3) is 21.5. The van der Waals surface area contributed by atoms with Crippen LogP contribution in [0.1, 0.15) is 154 Å². The van der Waals surface area contributed by atoms with Gasteiger partial charge in [-0.25, -0.2) is 24.0 Å². The number of aromatic nitrogens is 18. The second-order valence-corrected chi connectivity index (χ2v) is 66.5. The van der Waals surface area contributed by atoms with Crippen LogP contribution in [0, 0.1) is 27.7 Å². The molecule has 0 amide bonds. The topological polar surface area (TPSA) is 346 Å². The van der Waals surface area contributed by atoms with Crippen LogP contribution < -0.4 is 50.9 Å². The quantitative estimate of drug-likeness (QED) is 0.0199. The number of unbranched alkanes of at least 4 members (excludes halogenated alkanes) is 7. The fraction of sp³-hybridized carbons (Fsp3) is 0.375. The Hall–Kier alpha value is -6.03. The van der Waals surface area contributed by atoms with Gasteiger partial charge in [-0.15, -0.1) is 56.7 Å². The van der Waals surface area contributed by atoms with Crippen molar-refractivity contribution in [3.8, 4) is 41.8 Å². The van der Waals surface area contributed by atoms with Crippen LogP contribution in [0.25, 0.3) is 141 Å². The van der Waals surface area contributed by atoms with Gasteiger partial charge in [0.05, 0.1) is 114 Å². The van der Waals surface area contributed by atoms with E-state index in [0.717, 1.165) is 173 Å². The minimum absolute atomic E-state index is 0. The number of aryl methyl sites for hydroxylation is 3. The number of aromatic amines is 10. The molecule has 23 nitrogen and oxygen atoms in total. The molecule has 14 aromatic heterocycles. The summed E-state index contributed by atoms with van der Waals surface area (Å²) >= 11 is 11.6. The van der Waals surface area contributed by atoms with Crippen LogP contribution in [0.4, 0.5) is 0 Å². The third-order valence-electron chi connectivity index (χ3n) is 20.4. The molecule has 0 spiro atoms. The van der Waals surface area contributed by atoms with Crippen molar-refractivity contribution in [3.05, 3.63) is 155 Å². The fourth-order valence-corrected chi connectivity index (χ4v) is 51.9. The number of imidazole rings is 5. The van der Waals surface area contributed by atoms with Crippen LogP contribution in [0.15, 0.2) is 105 Å². The standard InChI is InChI=1S/C18H12N6O2S3.C16H8N6O2S3.C7H5N2S.C6H4N2S.C5H3BrN2OS.7C4H9.ClH.Li.2Sn/c1-5-9-13(21-17(25)19-9)15(27-5)7-3-4-8(12-11(7)23-29-24-12)16-14-10(6(2)28-16)20-18(26)22-14;23-15-17-7-3-25-13(11(7)19-15)5-1-2-6(10-9(5)21-27-22-10)14-12-8(4-26-14)18-16(24)20-12;1-5-3-2-4-6-7(5)9-10-8-6;1-2-4-6-5(3-1)7-9-8-6;6-4-3-2(1-10-4)7-5(9)8-3;7*1-3-4-2;;;;/h3-4H,1-2H3,(H2,19,21,25)(H2,20,22,26);1-4H,(H2,17,19,23)(H2,18,20,24);2-3H,1H3;1-4H;1H,(H2,7,8,9);7*1,3-4H2,2H3;1H;;;/q;;;;;;;;;;;-1;;+1;;+1/p-1. The summed E-state index contributed by atoms with van der Waals surface area (Å²) < 4.78 is 47.0. The molecule has 0 bridgehead atoms. The first-order valence-corrected chi connectivity index (χ1v) is 64.4. The molecule has 10 N–H and O–H groups in total. The SMILES string of the molecule is CCC[CH2][Sn]([CH2]CCC)([CH2]CCC)[c]1ccc(C)c2nsnc12.CCC[CH2][Sn]([Cl])([CH2]CCC)[CH2]CCC.Cc1sc(-c2ccc(-c3sc(C)c4[nH]c(=O)[nH]c34)c3nsnc23)c2[nH]c(=O)[nH]c12.O=c1[nH]c2csc(-c3ccc(-c4scc5[nH]c(=O)[nH]c45)c4nsnc34)c2[nH]1.O=c1[nH]c2csc(Br)c2[nH]1.[CH2-]CCC.[Li+].c1ccc2nsnc2c1. The minimum atomic E-state index is -2.39. The summed E-state index contributed by atoms with van der Waals surface area (Å²) in [4.78, 5) is 91.4. The summed E-state index contributed by atoms with van der Waals surface area (Å²) in [5.41, 5.74) is 19.6. The number of hydrogen-bond acceptors (Lipinski definition) is 22. The van der Waals surface area contributed by atoms with Gasteiger partial charge in [0.1, 0.15) is 33.1 Å². The molecule has 117 heavy (non-hydrogen) atoms. The van der Waals surface area contributed by atoms with Crippen molar-refractivity contribution in [2.75, 3.05) is 0 Å². The molecule has 0 aliphatic rings. The zero-order valence-corrected chi connectivity index (χ0v) is 82.8. The Kier molecular flexibility index (Phi) is 33.8. The number of nitrogens with zero attached hydrogens (tertiary/aromatic N) is 8. The van der Waals surface area contributed by atoms with Crippen LogP contribution in [0.3, 0.4) is 0 Å². The van der Waals surface area contributed by atoms with Gasteiger partial charge in [0, 0.05) is 48.1 Å². The Bertz CT molecular complexity index is 6250. The predicted octanol–water partition coefficient (Wildman–Crippen LogP) is 21.2. The average Bonchev–Trinajstić information content (AvgIpc) is 1.59. The Morgan fingerprint density at radius 2 is 0.701 bits per heavy atom. The largest absolute Gasteiger partial charge is 1.00 e. The van der Waals surface area contributed by atoms with E-state index >= 15 is 0 Å². The first-order valence-electron chi connectivity index (χ1n) is 39.3. The molecular weight excluding hydrogens is 1940 g/mol. The number of H-pyrrole nitrogens is 10. The van der Waals surface area contributed by atoms with Crippen molar-refractivity contribution in [1.82, 2.24) is 84.8 Å². The number of rotatable bonds is 24. The van der Waals surface area contributed by atoms with Crippen molar-refractivity contribution in [2.24, 2.45) is 0 Å². The molecule has 0 fully saturated rings. The molecule has 612 valence electrons. The number of thiophene rings is 5. The molecule has 0 unspecified atom stereocenters. The zero-order valence-electron chi connectivity index (χ0n) is 67.4. The molecule has 18 aromatic rings. The maximum absolute atomic E-state index is 11.8. The summed E-state index contributed by atoms with van der Waals surface area (Å²) in [7, 11) is 6.89. The molecule has 0 saturated heterocycles. The molecule has 0 radical (unpaired) electrons. The molecule has 0 atom stereocenters. The van der Waals surface area contributed by atoms with Gasteiger partial charge in [-0.05, 0) is 41.9 Å². The van der Waals surface area contributed by atoms with Gasteiger partial charge in [0.25, 0.3) is 0 Å². The number of nitrogens with one attached hydrogen (secondary N) is 10. The maximum Gasteiger partial charge on any atom is 1.00 e. The molecule has 18 rings (SSSR count). The molecule has 4 aromatic carbocycles. The van der Waals surface area contributed by atoms with Crippen molar-refractivity contribution in [1.29, 1.82) is 0 Å². The van der Waals surface area contributed by atoms with Gasteiger partial charge in [-0.3, -0.25) is 0 Å². The Morgan fingerprint density at radius 1 is 0.376 bits per heavy atom. The normalized spacial score (nSPS) is 11.6. The molecule has 14 heterocycles. The summed E-state index contributed by atoms with van der Waals surface area (Å²) in [6, 6.07) is 20.6. The Balaban J connectivity index is 0.000000142. The van der Waals surface area contributed by atoms with Gasteiger partial charge in [-0.2, -0.15) is 32.7 Å². The second kappa shape index (κ2) is 43.1. The van der Waals surface area contributed by atoms with E-state index in [1.54, 1.807) is 60.3 Å². The van der Waals surface area contributed by atoms with Crippen LogP contribution in [0.5, 0.6) is 0 Å². The fourth-order valence-electron chi connectivity index (χ4n) is 14.2. The summed E-state index contributed by atoms with van der Waals surface area (Å²) in [6.45, 7) is 25.7. The maximum atomic E-state index is 11.8. The third-order valence-corrected chi connectivity index (χ3v) is 58.7. The Labute approximate surface area is 744 Å². The monoisotopic (exact) mass is 2040 g/mol. The average molecular weight is 2040 g/mol. The summed E-state index contributed by atoms with van der Waals surface area (Å²) in [6.07, 6.45) is 18.6. The molecular formula is C80H95BrClLiN18O5S9Sn2. The van der Waals surface area contributed by atoms with Crippen molar-refractivity contribution >= 4 is 267 Å². The van der Waals surface area contributed by atoms with E-state index in [1.807, 2.05) is 78.5 Å². The number of hydrogen-bond donors (Lipinski definition) is 10.